The highest BCUT2D eigenvalue weighted by Crippen LogP contribution is 2.20. The lowest BCUT2D eigenvalue weighted by Crippen LogP contribution is -2.13. The van der Waals surface area contributed by atoms with Gasteiger partial charge in [0.1, 0.15) is 0 Å². The van der Waals surface area contributed by atoms with Gasteiger partial charge in [-0.3, -0.25) is 4.79 Å². The molecule has 27 heavy (non-hydrogen) atoms. The molecule has 3 rings (SSSR count). The standard InChI is InChI=1S/C21H20N2O3S/c1-14-4-9-19(10-5-14)27(25,26)20-11-7-17(13-22-20)21(24)23-18-8-6-15(2)16(3)12-18/h4-13H,1-3H3,(H,23,24). The van der Waals surface area contributed by atoms with Gasteiger partial charge in [0, 0.05) is 11.9 Å². The number of amides is 1. The summed E-state index contributed by atoms with van der Waals surface area (Å²) >= 11 is 0. The van der Waals surface area contributed by atoms with Crippen molar-refractivity contribution in [2.24, 2.45) is 0 Å². The van der Waals surface area contributed by atoms with Crippen LogP contribution >= 0.6 is 0 Å². The molecule has 0 fully saturated rings. The van der Waals surface area contributed by atoms with Gasteiger partial charge in [-0.05, 0) is 68.3 Å². The van der Waals surface area contributed by atoms with Crippen molar-refractivity contribution in [2.45, 2.75) is 30.7 Å². The molecule has 0 aliphatic heterocycles. The summed E-state index contributed by atoms with van der Waals surface area (Å²) in [5.74, 6) is -0.343. The van der Waals surface area contributed by atoms with Crippen LogP contribution in [0, 0.1) is 20.8 Å². The molecule has 138 valence electrons. The van der Waals surface area contributed by atoms with Gasteiger partial charge in [-0.2, -0.15) is 0 Å². The Morgan fingerprint density at radius 3 is 2.19 bits per heavy atom. The Morgan fingerprint density at radius 2 is 1.59 bits per heavy atom. The number of anilines is 1. The van der Waals surface area contributed by atoms with E-state index in [2.05, 4.69) is 10.3 Å². The number of aromatic nitrogens is 1. The molecule has 0 bridgehead atoms. The zero-order valence-corrected chi connectivity index (χ0v) is 16.2. The maximum atomic E-state index is 12.6. The van der Waals surface area contributed by atoms with Gasteiger partial charge in [0.25, 0.3) is 5.91 Å². The quantitative estimate of drug-likeness (QED) is 0.740. The number of nitrogens with one attached hydrogen (secondary N) is 1. The van der Waals surface area contributed by atoms with Crippen molar-refractivity contribution in [1.29, 1.82) is 0 Å². The second kappa shape index (κ2) is 7.32. The van der Waals surface area contributed by atoms with Crippen LogP contribution < -0.4 is 5.32 Å². The molecular weight excluding hydrogens is 360 g/mol. The van der Waals surface area contributed by atoms with Gasteiger partial charge in [-0.25, -0.2) is 13.4 Å². The molecule has 6 heteroatoms. The van der Waals surface area contributed by atoms with Crippen LogP contribution in [0.5, 0.6) is 0 Å². The fourth-order valence-corrected chi connectivity index (χ4v) is 3.71. The van der Waals surface area contributed by atoms with Crippen LogP contribution in [0.3, 0.4) is 0 Å². The number of carbonyl (C=O) groups is 1. The first-order valence-electron chi connectivity index (χ1n) is 8.44. The number of rotatable bonds is 4. The fourth-order valence-electron chi connectivity index (χ4n) is 2.53. The SMILES string of the molecule is Cc1ccc(S(=O)(=O)c2ccc(C(=O)Nc3ccc(C)c(C)c3)cn2)cc1. The van der Waals surface area contributed by atoms with Crippen LogP contribution in [0.2, 0.25) is 0 Å². The van der Waals surface area contributed by atoms with Gasteiger partial charge in [0.2, 0.25) is 9.84 Å². The molecule has 0 spiro atoms. The van der Waals surface area contributed by atoms with Crippen molar-refractivity contribution in [1.82, 2.24) is 4.98 Å². The lowest BCUT2D eigenvalue weighted by molar-refractivity contribution is 0.102. The van der Waals surface area contributed by atoms with Crippen LogP contribution in [0.1, 0.15) is 27.0 Å². The summed E-state index contributed by atoms with van der Waals surface area (Å²) in [7, 11) is -3.71. The minimum atomic E-state index is -3.71. The fraction of sp³-hybridized carbons (Fsp3) is 0.143. The second-order valence-corrected chi connectivity index (χ2v) is 8.35. The molecule has 2 aromatic carbocycles. The number of sulfone groups is 1. The number of hydrogen-bond donors (Lipinski definition) is 1. The predicted octanol–water partition coefficient (Wildman–Crippen LogP) is 4.09. The third kappa shape index (κ3) is 4.06. The average Bonchev–Trinajstić information content (AvgIpc) is 2.65. The molecule has 0 radical (unpaired) electrons. The van der Waals surface area contributed by atoms with Gasteiger partial charge in [-0.1, -0.05) is 23.8 Å². The van der Waals surface area contributed by atoms with E-state index >= 15 is 0 Å². The summed E-state index contributed by atoms with van der Waals surface area (Å²) in [5, 5.41) is 2.71. The van der Waals surface area contributed by atoms with Gasteiger partial charge in [0.15, 0.2) is 5.03 Å². The molecule has 1 heterocycles. The minimum absolute atomic E-state index is 0.0888. The number of hydrogen-bond acceptors (Lipinski definition) is 4. The smallest absolute Gasteiger partial charge is 0.257 e. The lowest BCUT2D eigenvalue weighted by Gasteiger charge is -2.08. The Balaban J connectivity index is 1.81. The number of nitrogens with zero attached hydrogens (tertiary/aromatic N) is 1. The van der Waals surface area contributed by atoms with E-state index in [4.69, 9.17) is 0 Å². The van der Waals surface area contributed by atoms with E-state index in [0.29, 0.717) is 5.69 Å². The summed E-state index contributed by atoms with van der Waals surface area (Å²) in [5.41, 5.74) is 4.15. The Labute approximate surface area is 159 Å². The van der Waals surface area contributed by atoms with Gasteiger partial charge < -0.3 is 5.32 Å². The first-order chi connectivity index (χ1) is 12.8. The van der Waals surface area contributed by atoms with Gasteiger partial charge in [-0.15, -0.1) is 0 Å². The molecule has 0 atom stereocenters. The summed E-state index contributed by atoms with van der Waals surface area (Å²) in [6.45, 7) is 5.85. The van der Waals surface area contributed by atoms with Crippen LogP contribution in [-0.4, -0.2) is 19.3 Å². The monoisotopic (exact) mass is 380 g/mol. The Hall–Kier alpha value is -2.99. The molecule has 0 aliphatic rings. The number of carbonyl (C=O) groups excluding carboxylic acids is 1. The molecule has 1 aromatic heterocycles. The Morgan fingerprint density at radius 1 is 0.889 bits per heavy atom. The molecule has 1 N–H and O–H groups in total. The average molecular weight is 380 g/mol. The normalized spacial score (nSPS) is 11.2. The van der Waals surface area contributed by atoms with E-state index < -0.39 is 9.84 Å². The Bertz CT molecular complexity index is 1090. The topological polar surface area (TPSA) is 76.1 Å². The zero-order chi connectivity index (χ0) is 19.6. The summed E-state index contributed by atoms with van der Waals surface area (Å²) in [4.78, 5) is 16.5. The summed E-state index contributed by atoms with van der Waals surface area (Å²) in [6, 6.07) is 15.0. The van der Waals surface area contributed by atoms with Crippen LogP contribution in [0.15, 0.2) is 70.7 Å². The van der Waals surface area contributed by atoms with Gasteiger partial charge in [0.05, 0.1) is 10.5 Å². The number of benzene rings is 2. The van der Waals surface area contributed by atoms with Crippen LogP contribution in [0.4, 0.5) is 5.69 Å². The van der Waals surface area contributed by atoms with Crippen molar-refractivity contribution in [3.8, 4) is 0 Å². The van der Waals surface area contributed by atoms with Crippen molar-refractivity contribution in [3.63, 3.8) is 0 Å². The molecular formula is C21H20N2O3S. The van der Waals surface area contributed by atoms with E-state index in [0.717, 1.165) is 16.7 Å². The third-order valence-corrected chi connectivity index (χ3v) is 6.05. The van der Waals surface area contributed by atoms with E-state index in [1.54, 1.807) is 24.3 Å². The molecule has 3 aromatic rings. The molecule has 0 aliphatic carbocycles. The van der Waals surface area contributed by atoms with E-state index in [-0.39, 0.29) is 21.4 Å². The molecule has 0 saturated carbocycles. The molecule has 1 amide bonds. The maximum absolute atomic E-state index is 12.6. The van der Waals surface area contributed by atoms with E-state index in [1.165, 1.54) is 18.3 Å². The highest BCUT2D eigenvalue weighted by atomic mass is 32.2. The first kappa shape index (κ1) is 18.8. The number of aryl methyl sites for hydroxylation is 3. The largest absolute Gasteiger partial charge is 0.322 e. The summed E-state index contributed by atoms with van der Waals surface area (Å²) < 4.78 is 25.2. The van der Waals surface area contributed by atoms with Crippen LogP contribution in [-0.2, 0) is 9.84 Å². The Kier molecular flexibility index (Phi) is 5.10. The minimum Gasteiger partial charge on any atom is -0.322 e. The second-order valence-electron chi connectivity index (χ2n) is 6.45. The van der Waals surface area contributed by atoms with Crippen LogP contribution in [0.25, 0.3) is 0 Å². The van der Waals surface area contributed by atoms with Crippen molar-refractivity contribution in [2.75, 3.05) is 5.32 Å². The van der Waals surface area contributed by atoms with E-state index in [9.17, 15) is 13.2 Å². The summed E-state index contributed by atoms with van der Waals surface area (Å²) in [6.07, 6.45) is 1.28. The predicted molar refractivity (Wildman–Crippen MR) is 105 cm³/mol. The zero-order valence-electron chi connectivity index (χ0n) is 15.4. The molecule has 0 saturated heterocycles. The first-order valence-corrected chi connectivity index (χ1v) is 9.92. The highest BCUT2D eigenvalue weighted by Gasteiger charge is 2.19. The van der Waals surface area contributed by atoms with E-state index in [1.807, 2.05) is 39.0 Å². The third-order valence-electron chi connectivity index (χ3n) is 4.37. The van der Waals surface area contributed by atoms with Crippen molar-refractivity contribution >= 4 is 21.4 Å². The maximum Gasteiger partial charge on any atom is 0.257 e. The van der Waals surface area contributed by atoms with Gasteiger partial charge >= 0.3 is 0 Å². The molecule has 0 unspecified atom stereocenters. The number of pyridine rings is 1. The van der Waals surface area contributed by atoms with Crippen molar-refractivity contribution < 1.29 is 13.2 Å². The molecule has 5 nitrogen and oxygen atoms in total. The lowest BCUT2D eigenvalue weighted by atomic mass is 10.1. The van der Waals surface area contributed by atoms with Crippen molar-refractivity contribution in [3.05, 3.63) is 83.0 Å². The highest BCUT2D eigenvalue weighted by molar-refractivity contribution is 7.91.